The fraction of sp³-hybridized carbons (Fsp3) is 0.524. The normalized spacial score (nSPS) is 17.0. The lowest BCUT2D eigenvalue weighted by Gasteiger charge is -2.21. The highest BCUT2D eigenvalue weighted by Crippen LogP contribution is 2.20. The average Bonchev–Trinajstić information content (AvgIpc) is 3.28. The monoisotopic (exact) mass is 481 g/mol. The van der Waals surface area contributed by atoms with Crippen LogP contribution in [-0.4, -0.2) is 46.8 Å². The third kappa shape index (κ3) is 6.83. The number of guanidine groups is 1. The van der Waals surface area contributed by atoms with Gasteiger partial charge in [0.15, 0.2) is 5.96 Å². The van der Waals surface area contributed by atoms with E-state index < -0.39 is 0 Å². The second-order valence-corrected chi connectivity index (χ2v) is 7.16. The van der Waals surface area contributed by atoms with Crippen molar-refractivity contribution >= 4 is 29.9 Å². The van der Waals surface area contributed by atoms with Crippen LogP contribution in [0.3, 0.4) is 0 Å². The fourth-order valence-corrected chi connectivity index (χ4v) is 3.57. The number of aliphatic imine (C=N–C) groups is 1. The standard InChI is InChI=1S/C21H31N5.HI/c1-3-22-21(23-11-7-12-26-16-18(2)15-24-26)25-13-10-20(17-25)14-19-8-5-4-6-9-19;/h4-6,8-9,15-16,20H,3,7,10-14,17H2,1-2H3,(H,22,23);1H. The van der Waals surface area contributed by atoms with E-state index in [1.807, 2.05) is 10.9 Å². The summed E-state index contributed by atoms with van der Waals surface area (Å²) >= 11 is 0. The predicted octanol–water partition coefficient (Wildman–Crippen LogP) is 3.73. The van der Waals surface area contributed by atoms with Crippen LogP contribution >= 0.6 is 24.0 Å². The van der Waals surface area contributed by atoms with Crippen molar-refractivity contribution in [2.75, 3.05) is 26.2 Å². The van der Waals surface area contributed by atoms with E-state index in [1.165, 1.54) is 17.5 Å². The zero-order valence-corrected chi connectivity index (χ0v) is 18.8. The second-order valence-electron chi connectivity index (χ2n) is 7.16. The molecule has 2 heterocycles. The molecule has 1 fully saturated rings. The van der Waals surface area contributed by atoms with Gasteiger partial charge >= 0.3 is 0 Å². The maximum absolute atomic E-state index is 4.85. The van der Waals surface area contributed by atoms with E-state index in [-0.39, 0.29) is 24.0 Å². The summed E-state index contributed by atoms with van der Waals surface area (Å²) < 4.78 is 2.00. The Hall–Kier alpha value is -1.57. The highest BCUT2D eigenvalue weighted by molar-refractivity contribution is 14.0. The van der Waals surface area contributed by atoms with Gasteiger partial charge in [-0.2, -0.15) is 5.10 Å². The molecule has 27 heavy (non-hydrogen) atoms. The Balaban J connectivity index is 0.00000261. The molecule has 1 aromatic heterocycles. The van der Waals surface area contributed by atoms with E-state index in [2.05, 4.69) is 65.7 Å². The molecule has 2 aromatic rings. The van der Waals surface area contributed by atoms with Crippen LogP contribution in [0.1, 0.15) is 30.9 Å². The minimum absolute atomic E-state index is 0. The minimum Gasteiger partial charge on any atom is -0.357 e. The number of benzene rings is 1. The second kappa shape index (κ2) is 11.3. The van der Waals surface area contributed by atoms with Crippen LogP contribution < -0.4 is 5.32 Å². The number of nitrogens with one attached hydrogen (secondary N) is 1. The van der Waals surface area contributed by atoms with E-state index in [9.17, 15) is 0 Å². The quantitative estimate of drug-likeness (QED) is 0.284. The van der Waals surface area contributed by atoms with Gasteiger partial charge in [-0.05, 0) is 50.2 Å². The Labute approximate surface area is 180 Å². The molecule has 0 bridgehead atoms. The number of halogens is 1. The average molecular weight is 481 g/mol. The smallest absolute Gasteiger partial charge is 0.193 e. The molecular weight excluding hydrogens is 449 g/mol. The summed E-state index contributed by atoms with van der Waals surface area (Å²) in [5.74, 6) is 1.79. The van der Waals surface area contributed by atoms with E-state index in [0.29, 0.717) is 5.92 Å². The van der Waals surface area contributed by atoms with Crippen molar-refractivity contribution in [3.05, 3.63) is 53.9 Å². The number of hydrogen-bond acceptors (Lipinski definition) is 2. The largest absolute Gasteiger partial charge is 0.357 e. The summed E-state index contributed by atoms with van der Waals surface area (Å²) in [6.45, 7) is 9.08. The Bertz CT molecular complexity index is 698. The molecule has 1 atom stereocenters. The molecule has 0 amide bonds. The molecule has 0 radical (unpaired) electrons. The van der Waals surface area contributed by atoms with Crippen LogP contribution in [-0.2, 0) is 13.0 Å². The summed E-state index contributed by atoms with van der Waals surface area (Å²) in [6, 6.07) is 10.8. The fourth-order valence-electron chi connectivity index (χ4n) is 3.57. The Morgan fingerprint density at radius 3 is 2.81 bits per heavy atom. The SMILES string of the molecule is CCNC(=NCCCn1cc(C)cn1)N1CCC(Cc2ccccc2)C1.I. The van der Waals surface area contributed by atoms with Gasteiger partial charge in [0.25, 0.3) is 0 Å². The van der Waals surface area contributed by atoms with Crippen molar-refractivity contribution in [1.82, 2.24) is 20.0 Å². The van der Waals surface area contributed by atoms with Gasteiger partial charge in [0.05, 0.1) is 6.20 Å². The number of likely N-dealkylation sites (tertiary alicyclic amines) is 1. The van der Waals surface area contributed by atoms with Gasteiger partial charge in [-0.1, -0.05) is 30.3 Å². The number of rotatable bonds is 7. The van der Waals surface area contributed by atoms with E-state index >= 15 is 0 Å². The van der Waals surface area contributed by atoms with Crippen molar-refractivity contribution in [2.45, 2.75) is 39.7 Å². The molecule has 1 aliphatic rings. The Kier molecular flexibility index (Phi) is 9.10. The summed E-state index contributed by atoms with van der Waals surface area (Å²) in [5, 5.41) is 7.80. The first-order valence-electron chi connectivity index (χ1n) is 9.81. The van der Waals surface area contributed by atoms with Gasteiger partial charge in [0, 0.05) is 38.9 Å². The number of aromatic nitrogens is 2. The van der Waals surface area contributed by atoms with Crippen molar-refractivity contribution in [1.29, 1.82) is 0 Å². The highest BCUT2D eigenvalue weighted by atomic mass is 127. The van der Waals surface area contributed by atoms with Crippen LogP contribution in [0.4, 0.5) is 0 Å². The van der Waals surface area contributed by atoms with E-state index in [0.717, 1.165) is 51.5 Å². The molecule has 1 unspecified atom stereocenters. The van der Waals surface area contributed by atoms with Crippen molar-refractivity contribution in [3.63, 3.8) is 0 Å². The molecule has 1 N–H and O–H groups in total. The van der Waals surface area contributed by atoms with Crippen molar-refractivity contribution in [3.8, 4) is 0 Å². The number of nitrogens with zero attached hydrogens (tertiary/aromatic N) is 4. The molecule has 0 aliphatic carbocycles. The van der Waals surface area contributed by atoms with Gasteiger partial charge in [-0.15, -0.1) is 24.0 Å². The Morgan fingerprint density at radius 1 is 1.30 bits per heavy atom. The molecular formula is C21H32IN5. The summed E-state index contributed by atoms with van der Waals surface area (Å²) in [4.78, 5) is 7.27. The summed E-state index contributed by atoms with van der Waals surface area (Å²) in [5.41, 5.74) is 2.65. The predicted molar refractivity (Wildman–Crippen MR) is 123 cm³/mol. The molecule has 0 spiro atoms. The first kappa shape index (κ1) is 21.7. The molecule has 3 rings (SSSR count). The van der Waals surface area contributed by atoms with Crippen molar-refractivity contribution < 1.29 is 0 Å². The first-order valence-corrected chi connectivity index (χ1v) is 9.81. The zero-order chi connectivity index (χ0) is 18.2. The third-order valence-corrected chi connectivity index (χ3v) is 4.86. The lowest BCUT2D eigenvalue weighted by atomic mass is 9.99. The molecule has 5 nitrogen and oxygen atoms in total. The third-order valence-electron chi connectivity index (χ3n) is 4.86. The van der Waals surface area contributed by atoms with Gasteiger partial charge < -0.3 is 10.2 Å². The Morgan fingerprint density at radius 2 is 2.11 bits per heavy atom. The van der Waals surface area contributed by atoms with Crippen LogP contribution in [0.5, 0.6) is 0 Å². The first-order chi connectivity index (χ1) is 12.7. The molecule has 0 saturated carbocycles. The van der Waals surface area contributed by atoms with Gasteiger partial charge in [-0.25, -0.2) is 0 Å². The van der Waals surface area contributed by atoms with Gasteiger partial charge in [-0.3, -0.25) is 9.67 Å². The lowest BCUT2D eigenvalue weighted by Crippen LogP contribution is -2.40. The topological polar surface area (TPSA) is 45.5 Å². The number of hydrogen-bond donors (Lipinski definition) is 1. The van der Waals surface area contributed by atoms with Crippen molar-refractivity contribution in [2.24, 2.45) is 10.9 Å². The highest BCUT2D eigenvalue weighted by Gasteiger charge is 2.24. The lowest BCUT2D eigenvalue weighted by molar-refractivity contribution is 0.459. The summed E-state index contributed by atoms with van der Waals surface area (Å²) in [7, 11) is 0. The van der Waals surface area contributed by atoms with Crippen LogP contribution in [0.2, 0.25) is 0 Å². The molecule has 1 aromatic carbocycles. The molecule has 6 heteroatoms. The van der Waals surface area contributed by atoms with Gasteiger partial charge in [0.2, 0.25) is 0 Å². The molecule has 148 valence electrons. The van der Waals surface area contributed by atoms with E-state index in [4.69, 9.17) is 4.99 Å². The summed E-state index contributed by atoms with van der Waals surface area (Å²) in [6.07, 6.45) is 7.41. The van der Waals surface area contributed by atoms with Crippen LogP contribution in [0.25, 0.3) is 0 Å². The van der Waals surface area contributed by atoms with Crippen LogP contribution in [0, 0.1) is 12.8 Å². The number of aryl methyl sites for hydroxylation is 2. The molecule has 1 aliphatic heterocycles. The van der Waals surface area contributed by atoms with Crippen LogP contribution in [0.15, 0.2) is 47.7 Å². The van der Waals surface area contributed by atoms with E-state index in [1.54, 1.807) is 0 Å². The minimum atomic E-state index is 0. The zero-order valence-electron chi connectivity index (χ0n) is 16.5. The maximum atomic E-state index is 4.85. The molecule has 1 saturated heterocycles. The van der Waals surface area contributed by atoms with Gasteiger partial charge in [0.1, 0.15) is 0 Å². The maximum Gasteiger partial charge on any atom is 0.193 e.